The number of hydrogen-bond donors (Lipinski definition) is 1. The third-order valence-electron chi connectivity index (χ3n) is 6.44. The van der Waals surface area contributed by atoms with Gasteiger partial charge in [0.1, 0.15) is 5.82 Å². The fourth-order valence-electron chi connectivity index (χ4n) is 4.71. The lowest BCUT2D eigenvalue weighted by Crippen LogP contribution is -2.36. The maximum absolute atomic E-state index is 13.1. The quantitative estimate of drug-likeness (QED) is 0.615. The molecule has 1 saturated heterocycles. The molecule has 1 N–H and O–H groups in total. The third-order valence-corrected chi connectivity index (χ3v) is 6.44. The van der Waals surface area contributed by atoms with Crippen molar-refractivity contribution in [2.45, 2.75) is 44.4 Å². The summed E-state index contributed by atoms with van der Waals surface area (Å²) in [7, 11) is 0. The summed E-state index contributed by atoms with van der Waals surface area (Å²) < 4.78 is 18.7. The van der Waals surface area contributed by atoms with E-state index in [1.54, 1.807) is 12.1 Å². The van der Waals surface area contributed by atoms with Crippen LogP contribution in [0.4, 0.5) is 10.1 Å². The van der Waals surface area contributed by atoms with Gasteiger partial charge in [-0.3, -0.25) is 4.79 Å². The molecule has 0 radical (unpaired) electrons. The second kappa shape index (κ2) is 9.20. The number of likely N-dealkylation sites (tertiary alicyclic amines) is 1. The van der Waals surface area contributed by atoms with Crippen molar-refractivity contribution >= 4 is 11.6 Å². The zero-order chi connectivity index (χ0) is 21.9. The van der Waals surface area contributed by atoms with Gasteiger partial charge in [0.05, 0.1) is 5.92 Å². The average Bonchev–Trinajstić information content (AvgIpc) is 3.48. The van der Waals surface area contributed by atoms with Crippen LogP contribution in [0.15, 0.2) is 47.0 Å². The lowest BCUT2D eigenvalue weighted by atomic mass is 9.98. The highest BCUT2D eigenvalue weighted by Gasteiger charge is 2.26. The van der Waals surface area contributed by atoms with Crippen LogP contribution < -0.4 is 5.32 Å². The second-order valence-electron chi connectivity index (χ2n) is 8.74. The summed E-state index contributed by atoms with van der Waals surface area (Å²) in [4.78, 5) is 19.3. The van der Waals surface area contributed by atoms with Gasteiger partial charge < -0.3 is 14.7 Å². The Balaban J connectivity index is 1.14. The highest BCUT2D eigenvalue weighted by molar-refractivity contribution is 5.91. The Bertz CT molecular complexity index is 1100. The number of carbonyl (C=O) groups is 1. The van der Waals surface area contributed by atoms with Crippen LogP contribution in [-0.2, 0) is 17.6 Å². The molecule has 1 aromatic heterocycles. The molecule has 0 spiro atoms. The fraction of sp³-hybridized carbons (Fsp3) is 0.400. The van der Waals surface area contributed by atoms with Crippen LogP contribution >= 0.6 is 0 Å². The number of amides is 1. The van der Waals surface area contributed by atoms with Crippen LogP contribution in [0.3, 0.4) is 0 Å². The number of benzene rings is 2. The molecule has 0 saturated carbocycles. The van der Waals surface area contributed by atoms with Crippen molar-refractivity contribution in [3.63, 3.8) is 0 Å². The number of halogens is 1. The Morgan fingerprint density at radius 2 is 1.97 bits per heavy atom. The number of aryl methyl sites for hydroxylation is 2. The van der Waals surface area contributed by atoms with Crippen molar-refractivity contribution in [3.8, 4) is 11.4 Å². The first-order chi connectivity index (χ1) is 15.6. The SMILES string of the molecule is O=C(CCN1CCCC(c2nc(-c3ccc(F)cc3)no2)C1)Nc1ccc2c(c1)CCC2. The molecule has 1 amide bonds. The predicted molar refractivity (Wildman–Crippen MR) is 120 cm³/mol. The highest BCUT2D eigenvalue weighted by atomic mass is 19.1. The van der Waals surface area contributed by atoms with Gasteiger partial charge in [0.25, 0.3) is 0 Å². The molecule has 1 aliphatic heterocycles. The zero-order valence-corrected chi connectivity index (χ0v) is 18.0. The molecule has 1 unspecified atom stereocenters. The first-order valence-corrected chi connectivity index (χ1v) is 11.4. The number of nitrogens with zero attached hydrogens (tertiary/aromatic N) is 3. The molecule has 32 heavy (non-hydrogen) atoms. The first-order valence-electron chi connectivity index (χ1n) is 11.4. The summed E-state index contributed by atoms with van der Waals surface area (Å²) in [6.45, 7) is 2.45. The average molecular weight is 435 g/mol. The van der Waals surface area contributed by atoms with Gasteiger partial charge in [0, 0.05) is 30.8 Å². The van der Waals surface area contributed by atoms with E-state index in [0.717, 1.165) is 50.0 Å². The maximum atomic E-state index is 13.1. The number of carbonyl (C=O) groups excluding carboxylic acids is 1. The van der Waals surface area contributed by atoms with E-state index in [1.807, 2.05) is 6.07 Å². The summed E-state index contributed by atoms with van der Waals surface area (Å²) in [5.41, 5.74) is 4.40. The van der Waals surface area contributed by atoms with E-state index in [9.17, 15) is 9.18 Å². The minimum Gasteiger partial charge on any atom is -0.339 e. The normalized spacial score (nSPS) is 18.5. The van der Waals surface area contributed by atoms with Crippen LogP contribution in [0, 0.1) is 5.82 Å². The van der Waals surface area contributed by atoms with Gasteiger partial charge in [-0.1, -0.05) is 11.2 Å². The molecule has 6 nitrogen and oxygen atoms in total. The van der Waals surface area contributed by atoms with Crippen molar-refractivity contribution in [3.05, 3.63) is 65.3 Å². The largest absolute Gasteiger partial charge is 0.339 e. The monoisotopic (exact) mass is 434 g/mol. The third kappa shape index (κ3) is 4.72. The molecular weight excluding hydrogens is 407 g/mol. The summed E-state index contributed by atoms with van der Waals surface area (Å²) in [5.74, 6) is 0.981. The van der Waals surface area contributed by atoms with E-state index in [2.05, 4.69) is 32.5 Å². The highest BCUT2D eigenvalue weighted by Crippen LogP contribution is 2.28. The standard InChI is InChI=1S/C25H27FN4O2/c26-21-9-6-18(7-10-21)24-28-25(32-29-24)20-5-2-13-30(16-20)14-12-23(31)27-22-11-8-17-3-1-4-19(17)15-22/h6-11,15,20H,1-5,12-14,16H2,(H,27,31). The van der Waals surface area contributed by atoms with Crippen LogP contribution in [-0.4, -0.2) is 40.6 Å². The number of anilines is 1. The molecule has 166 valence electrons. The van der Waals surface area contributed by atoms with Crippen molar-refractivity contribution < 1.29 is 13.7 Å². The molecule has 2 aromatic carbocycles. The number of aromatic nitrogens is 2. The topological polar surface area (TPSA) is 71.3 Å². The van der Waals surface area contributed by atoms with Crippen LogP contribution in [0.2, 0.25) is 0 Å². The molecule has 3 aromatic rings. The number of hydrogen-bond acceptors (Lipinski definition) is 5. The molecule has 1 aliphatic carbocycles. The molecule has 0 bridgehead atoms. The summed E-state index contributed by atoms with van der Waals surface area (Å²) in [6, 6.07) is 12.3. The Hall–Kier alpha value is -3.06. The van der Waals surface area contributed by atoms with Gasteiger partial charge in [-0.25, -0.2) is 4.39 Å². The Morgan fingerprint density at radius 3 is 2.84 bits per heavy atom. The number of nitrogens with one attached hydrogen (secondary N) is 1. The number of fused-ring (bicyclic) bond motifs is 1. The molecule has 1 atom stereocenters. The van der Waals surface area contributed by atoms with E-state index < -0.39 is 0 Å². The number of rotatable bonds is 6. The van der Waals surface area contributed by atoms with Crippen LogP contribution in [0.25, 0.3) is 11.4 Å². The maximum Gasteiger partial charge on any atom is 0.231 e. The van der Waals surface area contributed by atoms with Gasteiger partial charge in [-0.15, -0.1) is 0 Å². The zero-order valence-electron chi connectivity index (χ0n) is 18.0. The predicted octanol–water partition coefficient (Wildman–Crippen LogP) is 4.57. The Morgan fingerprint density at radius 1 is 1.12 bits per heavy atom. The Labute approximate surface area is 186 Å². The number of piperidine rings is 1. The van der Waals surface area contributed by atoms with E-state index in [0.29, 0.717) is 24.7 Å². The second-order valence-corrected chi connectivity index (χ2v) is 8.74. The van der Waals surface area contributed by atoms with E-state index >= 15 is 0 Å². The van der Waals surface area contributed by atoms with Crippen molar-refractivity contribution in [1.82, 2.24) is 15.0 Å². The summed E-state index contributed by atoms with van der Waals surface area (Å²) >= 11 is 0. The van der Waals surface area contributed by atoms with Crippen molar-refractivity contribution in [2.24, 2.45) is 0 Å². The Kier molecular flexibility index (Phi) is 5.99. The van der Waals surface area contributed by atoms with E-state index in [4.69, 9.17) is 4.52 Å². The lowest BCUT2D eigenvalue weighted by molar-refractivity contribution is -0.116. The first kappa shape index (κ1) is 20.8. The van der Waals surface area contributed by atoms with Gasteiger partial charge in [-0.05, 0) is 86.2 Å². The molecule has 2 heterocycles. The molecule has 1 fully saturated rings. The molecule has 7 heteroatoms. The van der Waals surface area contributed by atoms with Gasteiger partial charge in [0.15, 0.2) is 0 Å². The molecule has 5 rings (SSSR count). The van der Waals surface area contributed by atoms with E-state index in [1.165, 1.54) is 29.7 Å². The van der Waals surface area contributed by atoms with Crippen LogP contribution in [0.5, 0.6) is 0 Å². The molecular formula is C25H27FN4O2. The minimum atomic E-state index is -0.291. The smallest absolute Gasteiger partial charge is 0.231 e. The van der Waals surface area contributed by atoms with Crippen molar-refractivity contribution in [2.75, 3.05) is 25.0 Å². The van der Waals surface area contributed by atoms with Gasteiger partial charge in [0.2, 0.25) is 17.6 Å². The van der Waals surface area contributed by atoms with Crippen molar-refractivity contribution in [1.29, 1.82) is 0 Å². The van der Waals surface area contributed by atoms with Gasteiger partial charge >= 0.3 is 0 Å². The molecule has 2 aliphatic rings. The fourth-order valence-corrected chi connectivity index (χ4v) is 4.71. The van der Waals surface area contributed by atoms with E-state index in [-0.39, 0.29) is 17.6 Å². The summed E-state index contributed by atoms with van der Waals surface area (Å²) in [5, 5.41) is 7.12. The van der Waals surface area contributed by atoms with Crippen LogP contribution in [0.1, 0.15) is 48.6 Å². The summed E-state index contributed by atoms with van der Waals surface area (Å²) in [6.07, 6.45) is 5.90. The minimum absolute atomic E-state index is 0.0430. The lowest BCUT2D eigenvalue weighted by Gasteiger charge is -2.30. The van der Waals surface area contributed by atoms with Gasteiger partial charge in [-0.2, -0.15) is 4.98 Å².